The summed E-state index contributed by atoms with van der Waals surface area (Å²) in [5.74, 6) is -1.28. The average molecular weight is 304 g/mol. The minimum Gasteiger partial charge on any atom is -0.338 e. The minimum atomic E-state index is -0.674. The number of rotatable bonds is 5. The van der Waals surface area contributed by atoms with E-state index in [0.29, 0.717) is 13.0 Å². The number of nitrogens with one attached hydrogen (secondary N) is 2. The van der Waals surface area contributed by atoms with E-state index in [0.717, 1.165) is 30.2 Å². The van der Waals surface area contributed by atoms with Crippen molar-refractivity contribution >= 4 is 11.7 Å². The van der Waals surface area contributed by atoms with Gasteiger partial charge in [-0.1, -0.05) is 31.2 Å². The van der Waals surface area contributed by atoms with Gasteiger partial charge >= 0.3 is 6.03 Å². The van der Waals surface area contributed by atoms with Gasteiger partial charge in [-0.3, -0.25) is 0 Å². The van der Waals surface area contributed by atoms with E-state index in [1.165, 1.54) is 5.56 Å². The molecule has 0 radical (unpaired) electrons. The van der Waals surface area contributed by atoms with Crippen molar-refractivity contribution in [3.8, 4) is 0 Å². The number of carbonyl (C=O) groups excluding carboxylic acids is 1. The van der Waals surface area contributed by atoms with Crippen molar-refractivity contribution in [3.63, 3.8) is 0 Å². The fourth-order valence-corrected chi connectivity index (χ4v) is 2.02. The van der Waals surface area contributed by atoms with Gasteiger partial charge in [-0.2, -0.15) is 0 Å². The lowest BCUT2D eigenvalue weighted by Crippen LogP contribution is -2.30. The van der Waals surface area contributed by atoms with Crippen LogP contribution in [0.3, 0.4) is 0 Å². The predicted octanol–water partition coefficient (Wildman–Crippen LogP) is 3.89. The van der Waals surface area contributed by atoms with E-state index in [2.05, 4.69) is 29.7 Å². The van der Waals surface area contributed by atoms with Crippen LogP contribution in [-0.2, 0) is 12.8 Å². The number of aryl methyl sites for hydroxylation is 1. The first kappa shape index (κ1) is 15.9. The van der Waals surface area contributed by atoms with Crippen LogP contribution in [0.2, 0.25) is 0 Å². The third-order valence-electron chi connectivity index (χ3n) is 3.31. The van der Waals surface area contributed by atoms with Crippen LogP contribution in [0.5, 0.6) is 0 Å². The molecule has 116 valence electrons. The predicted molar refractivity (Wildman–Crippen MR) is 82.9 cm³/mol. The number of halogens is 2. The summed E-state index contributed by atoms with van der Waals surface area (Å²) >= 11 is 0. The number of hydrogen-bond donors (Lipinski definition) is 2. The highest BCUT2D eigenvalue weighted by molar-refractivity contribution is 5.89. The Balaban J connectivity index is 1.81. The Morgan fingerprint density at radius 2 is 1.73 bits per heavy atom. The van der Waals surface area contributed by atoms with Crippen molar-refractivity contribution < 1.29 is 13.6 Å². The Morgan fingerprint density at radius 1 is 1.05 bits per heavy atom. The lowest BCUT2D eigenvalue weighted by atomic mass is 10.1. The van der Waals surface area contributed by atoms with E-state index in [-0.39, 0.29) is 5.69 Å². The van der Waals surface area contributed by atoms with Gasteiger partial charge in [0.1, 0.15) is 11.6 Å². The van der Waals surface area contributed by atoms with E-state index in [1.54, 1.807) is 0 Å². The normalized spacial score (nSPS) is 10.3. The summed E-state index contributed by atoms with van der Waals surface area (Å²) in [4.78, 5) is 11.7. The van der Waals surface area contributed by atoms with E-state index in [1.807, 2.05) is 12.1 Å². The van der Waals surface area contributed by atoms with Crippen LogP contribution in [0, 0.1) is 11.6 Å². The maximum atomic E-state index is 13.4. The van der Waals surface area contributed by atoms with Crippen molar-refractivity contribution in [2.24, 2.45) is 0 Å². The van der Waals surface area contributed by atoms with Crippen LogP contribution in [0.4, 0.5) is 19.3 Å². The number of urea groups is 1. The van der Waals surface area contributed by atoms with Gasteiger partial charge in [-0.05, 0) is 36.1 Å². The zero-order chi connectivity index (χ0) is 15.9. The van der Waals surface area contributed by atoms with E-state index >= 15 is 0 Å². The first-order valence-corrected chi connectivity index (χ1v) is 7.16. The van der Waals surface area contributed by atoms with Crippen molar-refractivity contribution in [2.75, 3.05) is 11.9 Å². The molecule has 0 atom stereocenters. The number of amides is 2. The topological polar surface area (TPSA) is 41.1 Å². The molecule has 0 fully saturated rings. The fraction of sp³-hybridized carbons (Fsp3) is 0.235. The van der Waals surface area contributed by atoms with Crippen molar-refractivity contribution in [1.29, 1.82) is 0 Å². The van der Waals surface area contributed by atoms with Crippen LogP contribution < -0.4 is 10.6 Å². The van der Waals surface area contributed by atoms with Crippen LogP contribution in [0.25, 0.3) is 0 Å². The SMILES string of the molecule is CCc1ccc(CCNC(=O)Nc2cc(F)ccc2F)cc1. The molecule has 2 rings (SSSR count). The summed E-state index contributed by atoms with van der Waals surface area (Å²) in [7, 11) is 0. The first-order chi connectivity index (χ1) is 10.6. The van der Waals surface area contributed by atoms with Crippen molar-refractivity contribution in [2.45, 2.75) is 19.8 Å². The minimum absolute atomic E-state index is 0.176. The standard InChI is InChI=1S/C17H18F2N2O/c1-2-12-3-5-13(6-4-12)9-10-20-17(22)21-16-11-14(18)7-8-15(16)19/h3-8,11H,2,9-10H2,1H3,(H2,20,21,22). The summed E-state index contributed by atoms with van der Waals surface area (Å²) < 4.78 is 26.4. The van der Waals surface area contributed by atoms with Gasteiger partial charge in [0.2, 0.25) is 0 Å². The Labute approximate surface area is 128 Å². The number of hydrogen-bond acceptors (Lipinski definition) is 1. The molecule has 0 unspecified atom stereocenters. The lowest BCUT2D eigenvalue weighted by molar-refractivity contribution is 0.252. The van der Waals surface area contributed by atoms with Crippen LogP contribution in [0.15, 0.2) is 42.5 Å². The molecule has 0 heterocycles. The molecule has 2 N–H and O–H groups in total. The third-order valence-corrected chi connectivity index (χ3v) is 3.31. The Bertz CT molecular complexity index is 642. The number of benzene rings is 2. The van der Waals surface area contributed by atoms with Gasteiger partial charge in [0.15, 0.2) is 0 Å². The second kappa shape index (κ2) is 7.54. The van der Waals surface area contributed by atoms with Gasteiger partial charge in [0.25, 0.3) is 0 Å². The average Bonchev–Trinajstić information content (AvgIpc) is 2.51. The molecule has 2 aromatic rings. The van der Waals surface area contributed by atoms with Gasteiger partial charge in [0, 0.05) is 12.6 Å². The molecule has 5 heteroatoms. The molecule has 0 aliphatic heterocycles. The van der Waals surface area contributed by atoms with Crippen LogP contribution in [0.1, 0.15) is 18.1 Å². The number of anilines is 1. The van der Waals surface area contributed by atoms with E-state index in [9.17, 15) is 13.6 Å². The molecule has 0 saturated carbocycles. The Hall–Kier alpha value is -2.43. The summed E-state index contributed by atoms with van der Waals surface area (Å²) in [6, 6.07) is 10.5. The smallest absolute Gasteiger partial charge is 0.319 e. The van der Waals surface area contributed by atoms with E-state index < -0.39 is 17.7 Å². The molecule has 2 amide bonds. The van der Waals surface area contributed by atoms with Crippen molar-refractivity contribution in [3.05, 3.63) is 65.2 Å². The summed E-state index contributed by atoms with van der Waals surface area (Å²) in [5, 5.41) is 4.91. The molecule has 0 saturated heterocycles. The van der Waals surface area contributed by atoms with Gasteiger partial charge in [-0.25, -0.2) is 13.6 Å². The van der Waals surface area contributed by atoms with Gasteiger partial charge < -0.3 is 10.6 Å². The quantitative estimate of drug-likeness (QED) is 0.864. The van der Waals surface area contributed by atoms with Gasteiger partial charge in [-0.15, -0.1) is 0 Å². The lowest BCUT2D eigenvalue weighted by Gasteiger charge is -2.09. The molecule has 22 heavy (non-hydrogen) atoms. The van der Waals surface area contributed by atoms with Crippen LogP contribution >= 0.6 is 0 Å². The maximum Gasteiger partial charge on any atom is 0.319 e. The Kier molecular flexibility index (Phi) is 5.47. The fourth-order valence-electron chi connectivity index (χ4n) is 2.02. The summed E-state index contributed by atoms with van der Waals surface area (Å²) in [5.41, 5.74) is 2.19. The monoisotopic (exact) mass is 304 g/mol. The Morgan fingerprint density at radius 3 is 2.41 bits per heavy atom. The summed E-state index contributed by atoms with van der Waals surface area (Å²) in [6.07, 6.45) is 1.66. The zero-order valence-corrected chi connectivity index (χ0v) is 12.3. The van der Waals surface area contributed by atoms with Gasteiger partial charge in [0.05, 0.1) is 5.69 Å². The molecule has 0 aromatic heterocycles. The van der Waals surface area contributed by atoms with Crippen molar-refractivity contribution in [1.82, 2.24) is 5.32 Å². The highest BCUT2D eigenvalue weighted by atomic mass is 19.1. The molecule has 3 nitrogen and oxygen atoms in total. The van der Waals surface area contributed by atoms with Crippen LogP contribution in [-0.4, -0.2) is 12.6 Å². The highest BCUT2D eigenvalue weighted by Crippen LogP contribution is 2.14. The molecule has 0 aliphatic carbocycles. The second-order valence-corrected chi connectivity index (χ2v) is 4.93. The number of carbonyl (C=O) groups is 1. The van der Waals surface area contributed by atoms with E-state index in [4.69, 9.17) is 0 Å². The molecular formula is C17H18F2N2O. The maximum absolute atomic E-state index is 13.4. The largest absolute Gasteiger partial charge is 0.338 e. The first-order valence-electron chi connectivity index (χ1n) is 7.16. The molecule has 0 aliphatic rings. The second-order valence-electron chi connectivity index (χ2n) is 4.93. The molecule has 0 bridgehead atoms. The summed E-state index contributed by atoms with van der Waals surface area (Å²) in [6.45, 7) is 2.50. The molecule has 2 aromatic carbocycles. The third kappa shape index (κ3) is 4.55. The highest BCUT2D eigenvalue weighted by Gasteiger charge is 2.07. The molecule has 0 spiro atoms. The zero-order valence-electron chi connectivity index (χ0n) is 12.3. The molecular weight excluding hydrogens is 286 g/mol.